The highest BCUT2D eigenvalue weighted by atomic mass is 16.1. The molecule has 1 amide bonds. The molecule has 1 aliphatic rings. The third kappa shape index (κ3) is 3.26. The van der Waals surface area contributed by atoms with Crippen LogP contribution in [-0.2, 0) is 4.79 Å². The Morgan fingerprint density at radius 3 is 2.95 bits per heavy atom. The van der Waals surface area contributed by atoms with Crippen molar-refractivity contribution in [2.24, 2.45) is 5.92 Å². The molecule has 1 aromatic carbocycles. The molecule has 1 fully saturated rings. The lowest BCUT2D eigenvalue weighted by Crippen LogP contribution is -2.13. The molecule has 1 aromatic heterocycles. The number of nitrogens with one attached hydrogen (secondary N) is 1. The van der Waals surface area contributed by atoms with Crippen molar-refractivity contribution < 1.29 is 4.79 Å². The predicted octanol–water partition coefficient (Wildman–Crippen LogP) is 2.66. The molecule has 0 unspecified atom stereocenters. The average Bonchev–Trinajstić information content (AvgIpc) is 3.15. The minimum atomic E-state index is 0.0314. The summed E-state index contributed by atoms with van der Waals surface area (Å²) < 4.78 is 1.87. The minimum absolute atomic E-state index is 0.0314. The zero-order chi connectivity index (χ0) is 14.8. The van der Waals surface area contributed by atoms with Crippen molar-refractivity contribution in [1.82, 2.24) is 20.2 Å². The molecule has 0 radical (unpaired) electrons. The summed E-state index contributed by atoms with van der Waals surface area (Å²) in [5, 5.41) is 14.8. The summed E-state index contributed by atoms with van der Waals surface area (Å²) in [5.41, 5.74) is 1.71. The Labute approximate surface area is 123 Å². The van der Waals surface area contributed by atoms with E-state index in [4.69, 9.17) is 0 Å². The number of hydrogen-bond donors (Lipinski definition) is 1. The van der Waals surface area contributed by atoms with Crippen LogP contribution in [0.3, 0.4) is 0 Å². The van der Waals surface area contributed by atoms with Crippen LogP contribution < -0.4 is 5.32 Å². The number of nitrogens with zero attached hydrogens (tertiary/aromatic N) is 4. The van der Waals surface area contributed by atoms with E-state index >= 15 is 0 Å². The first-order valence-electron chi connectivity index (χ1n) is 7.31. The van der Waals surface area contributed by atoms with Crippen LogP contribution in [0, 0.1) is 5.92 Å². The first kappa shape index (κ1) is 13.7. The van der Waals surface area contributed by atoms with Crippen LogP contribution in [0.2, 0.25) is 0 Å². The number of anilines is 1. The second-order valence-corrected chi connectivity index (χ2v) is 5.91. The highest BCUT2D eigenvalue weighted by Gasteiger charge is 2.28. The molecule has 0 aliphatic heterocycles. The van der Waals surface area contributed by atoms with Gasteiger partial charge in [-0.25, -0.2) is 4.68 Å². The molecule has 3 rings (SSSR count). The predicted molar refractivity (Wildman–Crippen MR) is 79.6 cm³/mol. The maximum absolute atomic E-state index is 11.8. The van der Waals surface area contributed by atoms with Crippen molar-refractivity contribution in [3.63, 3.8) is 0 Å². The van der Waals surface area contributed by atoms with E-state index in [1.165, 1.54) is 0 Å². The summed E-state index contributed by atoms with van der Waals surface area (Å²) in [6, 6.07) is 8.10. The molecule has 1 saturated carbocycles. The number of carbonyl (C=O) groups excluding carboxylic acids is 1. The van der Waals surface area contributed by atoms with Gasteiger partial charge in [0.1, 0.15) is 0 Å². The quantitative estimate of drug-likeness (QED) is 0.916. The maximum atomic E-state index is 11.8. The highest BCUT2D eigenvalue weighted by molar-refractivity contribution is 5.91. The number of benzene rings is 1. The van der Waals surface area contributed by atoms with E-state index in [-0.39, 0.29) is 5.91 Å². The van der Waals surface area contributed by atoms with Gasteiger partial charge in [-0.2, -0.15) is 0 Å². The van der Waals surface area contributed by atoms with Crippen LogP contribution in [-0.4, -0.2) is 26.1 Å². The van der Waals surface area contributed by atoms with Gasteiger partial charge >= 0.3 is 0 Å². The summed E-state index contributed by atoms with van der Waals surface area (Å²) in [7, 11) is 0. The number of rotatable bonds is 5. The van der Waals surface area contributed by atoms with E-state index in [1.807, 2.05) is 42.8 Å². The summed E-state index contributed by atoms with van der Waals surface area (Å²) in [5.74, 6) is 1.14. The SMILES string of the molecule is CC(C)CC(=O)Nc1cccc(-c2nnnn2C2CC2)c1. The van der Waals surface area contributed by atoms with Gasteiger partial charge in [0.2, 0.25) is 5.91 Å². The number of hydrogen-bond acceptors (Lipinski definition) is 4. The van der Waals surface area contributed by atoms with Gasteiger partial charge in [0.05, 0.1) is 6.04 Å². The van der Waals surface area contributed by atoms with Crippen molar-refractivity contribution in [3.8, 4) is 11.4 Å². The minimum Gasteiger partial charge on any atom is -0.326 e. The van der Waals surface area contributed by atoms with Gasteiger partial charge < -0.3 is 5.32 Å². The van der Waals surface area contributed by atoms with E-state index in [2.05, 4.69) is 20.8 Å². The Bertz CT molecular complexity index is 645. The van der Waals surface area contributed by atoms with Gasteiger partial charge in [-0.1, -0.05) is 26.0 Å². The lowest BCUT2D eigenvalue weighted by atomic mass is 10.1. The van der Waals surface area contributed by atoms with Gasteiger partial charge in [-0.15, -0.1) is 5.10 Å². The van der Waals surface area contributed by atoms with Crippen LogP contribution >= 0.6 is 0 Å². The van der Waals surface area contributed by atoms with Crippen LogP contribution in [0.4, 0.5) is 5.69 Å². The van der Waals surface area contributed by atoms with E-state index in [9.17, 15) is 4.79 Å². The fourth-order valence-electron chi connectivity index (χ4n) is 2.27. The van der Waals surface area contributed by atoms with Crippen LogP contribution in [0.25, 0.3) is 11.4 Å². The molecule has 0 spiro atoms. The van der Waals surface area contributed by atoms with Crippen molar-refractivity contribution in [2.75, 3.05) is 5.32 Å². The molecule has 0 saturated heterocycles. The first-order valence-corrected chi connectivity index (χ1v) is 7.31. The van der Waals surface area contributed by atoms with Crippen molar-refractivity contribution in [3.05, 3.63) is 24.3 Å². The summed E-state index contributed by atoms with van der Waals surface area (Å²) in [4.78, 5) is 11.8. The number of carbonyl (C=O) groups is 1. The molecule has 1 N–H and O–H groups in total. The summed E-state index contributed by atoms with van der Waals surface area (Å²) in [6.45, 7) is 4.06. The molecule has 6 nitrogen and oxygen atoms in total. The van der Waals surface area contributed by atoms with Gasteiger partial charge in [-0.3, -0.25) is 4.79 Å². The van der Waals surface area contributed by atoms with Gasteiger partial charge in [0.25, 0.3) is 0 Å². The van der Waals surface area contributed by atoms with Gasteiger partial charge in [0.15, 0.2) is 5.82 Å². The van der Waals surface area contributed by atoms with Crippen molar-refractivity contribution >= 4 is 11.6 Å². The van der Waals surface area contributed by atoms with Crippen molar-refractivity contribution in [2.45, 2.75) is 39.2 Å². The molecule has 0 bridgehead atoms. The fraction of sp³-hybridized carbons (Fsp3) is 0.467. The Kier molecular flexibility index (Phi) is 3.68. The smallest absolute Gasteiger partial charge is 0.224 e. The van der Waals surface area contributed by atoms with Gasteiger partial charge in [0, 0.05) is 17.7 Å². The fourth-order valence-corrected chi connectivity index (χ4v) is 2.27. The zero-order valence-corrected chi connectivity index (χ0v) is 12.3. The summed E-state index contributed by atoms with van der Waals surface area (Å²) >= 11 is 0. The molecule has 1 aliphatic carbocycles. The molecule has 0 atom stereocenters. The zero-order valence-electron chi connectivity index (χ0n) is 12.3. The Morgan fingerprint density at radius 2 is 2.24 bits per heavy atom. The molecular formula is C15H19N5O. The summed E-state index contributed by atoms with van der Waals surface area (Å²) in [6.07, 6.45) is 2.77. The standard InChI is InChI=1S/C15H19N5O/c1-10(2)8-14(21)16-12-5-3-4-11(9-12)15-17-18-19-20(15)13-6-7-13/h3-5,9-10,13H,6-8H2,1-2H3,(H,16,21). The Morgan fingerprint density at radius 1 is 1.43 bits per heavy atom. The second kappa shape index (κ2) is 5.63. The lowest BCUT2D eigenvalue weighted by Gasteiger charge is -2.09. The average molecular weight is 285 g/mol. The number of tetrazole rings is 1. The second-order valence-electron chi connectivity index (χ2n) is 5.91. The number of amides is 1. The van der Waals surface area contributed by atoms with E-state index in [0.29, 0.717) is 18.4 Å². The Hall–Kier alpha value is -2.24. The molecule has 110 valence electrons. The maximum Gasteiger partial charge on any atom is 0.224 e. The normalized spacial score (nSPS) is 14.4. The third-order valence-electron chi connectivity index (χ3n) is 3.38. The molecular weight excluding hydrogens is 266 g/mol. The highest BCUT2D eigenvalue weighted by Crippen LogP contribution is 2.36. The largest absolute Gasteiger partial charge is 0.326 e. The van der Waals surface area contributed by atoms with E-state index in [1.54, 1.807) is 0 Å². The van der Waals surface area contributed by atoms with Gasteiger partial charge in [-0.05, 0) is 41.3 Å². The first-order chi connectivity index (χ1) is 10.1. The van der Waals surface area contributed by atoms with Crippen molar-refractivity contribution in [1.29, 1.82) is 0 Å². The van der Waals surface area contributed by atoms with Crippen LogP contribution in [0.5, 0.6) is 0 Å². The molecule has 6 heteroatoms. The molecule has 1 heterocycles. The third-order valence-corrected chi connectivity index (χ3v) is 3.38. The van der Waals surface area contributed by atoms with E-state index < -0.39 is 0 Å². The van der Waals surface area contributed by atoms with E-state index in [0.717, 1.165) is 29.9 Å². The van der Waals surface area contributed by atoms with Crippen LogP contribution in [0.1, 0.15) is 39.2 Å². The molecule has 21 heavy (non-hydrogen) atoms. The lowest BCUT2D eigenvalue weighted by molar-refractivity contribution is -0.116. The number of aromatic nitrogens is 4. The molecule has 2 aromatic rings. The van der Waals surface area contributed by atoms with Crippen LogP contribution in [0.15, 0.2) is 24.3 Å². The topological polar surface area (TPSA) is 72.7 Å². The monoisotopic (exact) mass is 285 g/mol. The Balaban J connectivity index is 1.79.